The van der Waals surface area contributed by atoms with Gasteiger partial charge in [-0.1, -0.05) is 24.9 Å². The van der Waals surface area contributed by atoms with E-state index in [2.05, 4.69) is 10.6 Å². The SMILES string of the molecule is CCCCC(=O)NCC(=O)Nc1ccc(Cl)cc1. The Morgan fingerprint density at radius 3 is 2.44 bits per heavy atom. The molecular weight excluding hydrogens is 252 g/mol. The predicted molar refractivity (Wildman–Crippen MR) is 72.6 cm³/mol. The van der Waals surface area contributed by atoms with E-state index in [4.69, 9.17) is 11.6 Å². The molecule has 0 unspecified atom stereocenters. The van der Waals surface area contributed by atoms with E-state index >= 15 is 0 Å². The minimum Gasteiger partial charge on any atom is -0.347 e. The third kappa shape index (κ3) is 5.68. The standard InChI is InChI=1S/C13H17ClN2O2/c1-2-3-4-12(17)15-9-13(18)16-11-7-5-10(14)6-8-11/h5-8H,2-4,9H2,1H3,(H,15,17)(H,16,18). The molecule has 0 aliphatic rings. The number of benzene rings is 1. The van der Waals surface area contributed by atoms with Crippen LogP contribution in [0.4, 0.5) is 5.69 Å². The second kappa shape index (κ2) is 7.71. The van der Waals surface area contributed by atoms with Crippen molar-refractivity contribution in [1.82, 2.24) is 5.32 Å². The van der Waals surface area contributed by atoms with Gasteiger partial charge in [-0.15, -0.1) is 0 Å². The summed E-state index contributed by atoms with van der Waals surface area (Å²) >= 11 is 5.73. The highest BCUT2D eigenvalue weighted by molar-refractivity contribution is 6.30. The summed E-state index contributed by atoms with van der Waals surface area (Å²) in [5.74, 6) is -0.342. The Hall–Kier alpha value is -1.55. The Morgan fingerprint density at radius 2 is 1.83 bits per heavy atom. The Bertz CT molecular complexity index is 404. The van der Waals surface area contributed by atoms with Gasteiger partial charge >= 0.3 is 0 Å². The molecule has 5 heteroatoms. The number of nitrogens with one attached hydrogen (secondary N) is 2. The molecule has 2 amide bonds. The molecule has 0 bridgehead atoms. The molecule has 0 saturated carbocycles. The van der Waals surface area contributed by atoms with Gasteiger partial charge in [-0.3, -0.25) is 9.59 Å². The Labute approximate surface area is 112 Å². The lowest BCUT2D eigenvalue weighted by atomic mass is 10.2. The highest BCUT2D eigenvalue weighted by Crippen LogP contribution is 2.12. The largest absolute Gasteiger partial charge is 0.347 e. The van der Waals surface area contributed by atoms with Crippen LogP contribution in [-0.4, -0.2) is 18.4 Å². The topological polar surface area (TPSA) is 58.2 Å². The van der Waals surface area contributed by atoms with Crippen molar-refractivity contribution in [1.29, 1.82) is 0 Å². The molecule has 0 spiro atoms. The zero-order valence-electron chi connectivity index (χ0n) is 10.3. The van der Waals surface area contributed by atoms with Gasteiger partial charge in [0.15, 0.2) is 0 Å². The van der Waals surface area contributed by atoms with Crippen LogP contribution in [0, 0.1) is 0 Å². The van der Waals surface area contributed by atoms with Crippen LogP contribution in [0.1, 0.15) is 26.2 Å². The lowest BCUT2D eigenvalue weighted by Crippen LogP contribution is -2.32. The van der Waals surface area contributed by atoms with E-state index in [0.29, 0.717) is 17.1 Å². The van der Waals surface area contributed by atoms with Gasteiger partial charge in [0.25, 0.3) is 0 Å². The van der Waals surface area contributed by atoms with Crippen LogP contribution in [0.5, 0.6) is 0 Å². The first-order valence-electron chi connectivity index (χ1n) is 5.94. The maximum atomic E-state index is 11.5. The summed E-state index contributed by atoms with van der Waals surface area (Å²) in [5, 5.41) is 5.85. The Morgan fingerprint density at radius 1 is 1.17 bits per heavy atom. The molecular formula is C13H17ClN2O2. The summed E-state index contributed by atoms with van der Waals surface area (Å²) < 4.78 is 0. The quantitative estimate of drug-likeness (QED) is 0.833. The molecule has 18 heavy (non-hydrogen) atoms. The highest BCUT2D eigenvalue weighted by Gasteiger charge is 2.05. The van der Waals surface area contributed by atoms with Crippen molar-refractivity contribution < 1.29 is 9.59 Å². The van der Waals surface area contributed by atoms with Gasteiger partial charge in [0.05, 0.1) is 6.54 Å². The van der Waals surface area contributed by atoms with E-state index in [1.807, 2.05) is 6.92 Å². The molecule has 0 atom stereocenters. The fourth-order valence-electron chi connectivity index (χ4n) is 1.34. The number of amides is 2. The molecule has 0 aliphatic carbocycles. The number of unbranched alkanes of at least 4 members (excludes halogenated alkanes) is 1. The van der Waals surface area contributed by atoms with Crippen molar-refractivity contribution in [2.75, 3.05) is 11.9 Å². The molecule has 0 saturated heterocycles. The summed E-state index contributed by atoms with van der Waals surface area (Å²) in [6.07, 6.45) is 2.26. The van der Waals surface area contributed by atoms with E-state index in [-0.39, 0.29) is 18.4 Å². The van der Waals surface area contributed by atoms with Gasteiger partial charge in [0.1, 0.15) is 0 Å². The average molecular weight is 269 g/mol. The van der Waals surface area contributed by atoms with Crippen LogP contribution in [0.15, 0.2) is 24.3 Å². The summed E-state index contributed by atoms with van der Waals surface area (Å²) in [7, 11) is 0. The maximum Gasteiger partial charge on any atom is 0.243 e. The third-order valence-electron chi connectivity index (χ3n) is 2.33. The molecule has 1 aromatic carbocycles. The minimum atomic E-state index is -0.248. The lowest BCUT2D eigenvalue weighted by molar-refractivity contribution is -0.124. The third-order valence-corrected chi connectivity index (χ3v) is 2.58. The van der Waals surface area contributed by atoms with Crippen molar-refractivity contribution in [3.63, 3.8) is 0 Å². The van der Waals surface area contributed by atoms with E-state index in [1.54, 1.807) is 24.3 Å². The van der Waals surface area contributed by atoms with E-state index in [1.165, 1.54) is 0 Å². The molecule has 4 nitrogen and oxygen atoms in total. The van der Waals surface area contributed by atoms with Crippen LogP contribution in [-0.2, 0) is 9.59 Å². The van der Waals surface area contributed by atoms with Gasteiger partial charge in [-0.2, -0.15) is 0 Å². The van der Waals surface area contributed by atoms with Gasteiger partial charge in [0.2, 0.25) is 11.8 Å². The van der Waals surface area contributed by atoms with Gasteiger partial charge < -0.3 is 10.6 Å². The molecule has 1 rings (SSSR count). The first-order valence-corrected chi connectivity index (χ1v) is 6.31. The fourth-order valence-corrected chi connectivity index (χ4v) is 1.47. The van der Waals surface area contributed by atoms with Crippen LogP contribution in [0.25, 0.3) is 0 Å². The number of hydrogen-bond donors (Lipinski definition) is 2. The monoisotopic (exact) mass is 268 g/mol. The molecule has 98 valence electrons. The Kier molecular flexibility index (Phi) is 6.22. The molecule has 1 aromatic rings. The summed E-state index contributed by atoms with van der Waals surface area (Å²) in [6, 6.07) is 6.80. The summed E-state index contributed by atoms with van der Waals surface area (Å²) in [5.41, 5.74) is 0.659. The number of halogens is 1. The van der Waals surface area contributed by atoms with Crippen LogP contribution >= 0.6 is 11.6 Å². The van der Waals surface area contributed by atoms with Crippen LogP contribution < -0.4 is 10.6 Å². The van der Waals surface area contributed by atoms with E-state index in [9.17, 15) is 9.59 Å². The fraction of sp³-hybridized carbons (Fsp3) is 0.385. The molecule has 0 aromatic heterocycles. The van der Waals surface area contributed by atoms with Gasteiger partial charge in [0, 0.05) is 17.1 Å². The van der Waals surface area contributed by atoms with Crippen molar-refractivity contribution in [3.8, 4) is 0 Å². The zero-order chi connectivity index (χ0) is 13.4. The minimum absolute atomic E-state index is 0.00876. The number of carbonyl (C=O) groups excluding carboxylic acids is 2. The highest BCUT2D eigenvalue weighted by atomic mass is 35.5. The molecule has 2 N–H and O–H groups in total. The summed E-state index contributed by atoms with van der Waals surface area (Å²) in [6.45, 7) is 2.01. The van der Waals surface area contributed by atoms with Crippen molar-refractivity contribution in [2.45, 2.75) is 26.2 Å². The van der Waals surface area contributed by atoms with Crippen LogP contribution in [0.2, 0.25) is 5.02 Å². The van der Waals surface area contributed by atoms with E-state index < -0.39 is 0 Å². The van der Waals surface area contributed by atoms with Gasteiger partial charge in [-0.05, 0) is 30.7 Å². The van der Waals surface area contributed by atoms with Crippen molar-refractivity contribution in [2.24, 2.45) is 0 Å². The maximum absolute atomic E-state index is 11.5. The molecule has 0 radical (unpaired) electrons. The first kappa shape index (κ1) is 14.5. The normalized spacial score (nSPS) is 9.89. The second-order valence-electron chi connectivity index (χ2n) is 3.94. The number of rotatable bonds is 6. The number of anilines is 1. The number of hydrogen-bond acceptors (Lipinski definition) is 2. The van der Waals surface area contributed by atoms with E-state index in [0.717, 1.165) is 12.8 Å². The van der Waals surface area contributed by atoms with Crippen LogP contribution in [0.3, 0.4) is 0 Å². The second-order valence-corrected chi connectivity index (χ2v) is 4.37. The number of carbonyl (C=O) groups is 2. The zero-order valence-corrected chi connectivity index (χ0v) is 11.1. The smallest absolute Gasteiger partial charge is 0.243 e. The lowest BCUT2D eigenvalue weighted by Gasteiger charge is -2.06. The van der Waals surface area contributed by atoms with Crippen molar-refractivity contribution in [3.05, 3.63) is 29.3 Å². The van der Waals surface area contributed by atoms with Crippen molar-refractivity contribution >= 4 is 29.1 Å². The molecule has 0 fully saturated rings. The molecule has 0 heterocycles. The summed E-state index contributed by atoms with van der Waals surface area (Å²) in [4.78, 5) is 22.8. The Balaban J connectivity index is 2.29. The van der Waals surface area contributed by atoms with Gasteiger partial charge in [-0.25, -0.2) is 0 Å². The molecule has 0 aliphatic heterocycles. The average Bonchev–Trinajstić information content (AvgIpc) is 2.36. The predicted octanol–water partition coefficient (Wildman–Crippen LogP) is 2.58. The first-order chi connectivity index (χ1) is 8.61.